The van der Waals surface area contributed by atoms with Crippen molar-refractivity contribution in [2.75, 3.05) is 0 Å². The normalized spacial score (nSPS) is 15.1. The quantitative estimate of drug-likeness (QED) is 0.647. The first-order valence-electron chi connectivity index (χ1n) is 4.91. The van der Waals surface area contributed by atoms with Crippen LogP contribution < -0.4 is 0 Å². The van der Waals surface area contributed by atoms with E-state index in [1.165, 1.54) is 6.92 Å². The Kier molecular flexibility index (Phi) is 6.59. The molecule has 13 heavy (non-hydrogen) atoms. The standard InChI is InChI=1S/C10H20O3/c1-4-5-6-10(12)7-8(2)13-9(3)11/h8,10,12H,4-7H2,1-3H3. The van der Waals surface area contributed by atoms with Crippen LogP contribution in [-0.2, 0) is 9.53 Å². The van der Waals surface area contributed by atoms with Crippen LogP contribution >= 0.6 is 0 Å². The number of hydrogen-bond donors (Lipinski definition) is 1. The Labute approximate surface area is 80.1 Å². The van der Waals surface area contributed by atoms with Crippen molar-refractivity contribution in [3.05, 3.63) is 0 Å². The van der Waals surface area contributed by atoms with Crippen LogP contribution in [0.1, 0.15) is 46.5 Å². The van der Waals surface area contributed by atoms with E-state index in [4.69, 9.17) is 4.74 Å². The molecule has 0 spiro atoms. The third kappa shape index (κ3) is 7.78. The molecular formula is C10H20O3. The third-order valence-electron chi connectivity index (χ3n) is 1.86. The van der Waals surface area contributed by atoms with E-state index in [0.29, 0.717) is 6.42 Å². The van der Waals surface area contributed by atoms with Gasteiger partial charge in [-0.1, -0.05) is 19.8 Å². The van der Waals surface area contributed by atoms with E-state index >= 15 is 0 Å². The summed E-state index contributed by atoms with van der Waals surface area (Å²) in [5.41, 5.74) is 0. The highest BCUT2D eigenvalue weighted by Crippen LogP contribution is 2.09. The Balaban J connectivity index is 3.52. The number of esters is 1. The van der Waals surface area contributed by atoms with Gasteiger partial charge >= 0.3 is 5.97 Å². The molecule has 0 saturated carbocycles. The topological polar surface area (TPSA) is 46.5 Å². The van der Waals surface area contributed by atoms with Crippen molar-refractivity contribution in [2.24, 2.45) is 0 Å². The summed E-state index contributed by atoms with van der Waals surface area (Å²) in [5.74, 6) is -0.282. The maximum Gasteiger partial charge on any atom is 0.302 e. The van der Waals surface area contributed by atoms with E-state index < -0.39 is 0 Å². The molecule has 0 aromatic rings. The lowest BCUT2D eigenvalue weighted by atomic mass is 10.1. The molecule has 0 aliphatic rings. The molecule has 2 atom stereocenters. The van der Waals surface area contributed by atoms with E-state index in [2.05, 4.69) is 6.92 Å². The van der Waals surface area contributed by atoms with Crippen LogP contribution in [0.4, 0.5) is 0 Å². The first-order chi connectivity index (χ1) is 6.06. The number of carbonyl (C=O) groups excluding carboxylic acids is 1. The van der Waals surface area contributed by atoms with Gasteiger partial charge in [-0.15, -0.1) is 0 Å². The van der Waals surface area contributed by atoms with Crippen molar-refractivity contribution in [2.45, 2.75) is 58.7 Å². The molecule has 78 valence electrons. The second kappa shape index (κ2) is 6.89. The molecule has 0 radical (unpaired) electrons. The maximum absolute atomic E-state index is 10.5. The zero-order chi connectivity index (χ0) is 10.3. The molecule has 0 aliphatic heterocycles. The molecular weight excluding hydrogens is 168 g/mol. The van der Waals surface area contributed by atoms with Gasteiger partial charge in [0.1, 0.15) is 6.10 Å². The molecule has 0 fully saturated rings. The lowest BCUT2D eigenvalue weighted by Gasteiger charge is -2.15. The molecule has 2 unspecified atom stereocenters. The lowest BCUT2D eigenvalue weighted by molar-refractivity contribution is -0.146. The minimum atomic E-state index is -0.339. The van der Waals surface area contributed by atoms with Crippen molar-refractivity contribution in [3.63, 3.8) is 0 Å². The van der Waals surface area contributed by atoms with Crippen LogP contribution in [0.2, 0.25) is 0 Å². The van der Waals surface area contributed by atoms with Crippen molar-refractivity contribution in [3.8, 4) is 0 Å². The summed E-state index contributed by atoms with van der Waals surface area (Å²) in [5, 5.41) is 9.47. The second-order valence-corrected chi connectivity index (χ2v) is 3.45. The van der Waals surface area contributed by atoms with Gasteiger partial charge in [-0.2, -0.15) is 0 Å². The Bertz CT molecular complexity index is 145. The molecule has 3 heteroatoms. The van der Waals surface area contributed by atoms with Crippen molar-refractivity contribution in [1.29, 1.82) is 0 Å². The molecule has 0 aromatic carbocycles. The minimum Gasteiger partial charge on any atom is -0.463 e. The third-order valence-corrected chi connectivity index (χ3v) is 1.86. The van der Waals surface area contributed by atoms with Gasteiger partial charge in [0.25, 0.3) is 0 Å². The largest absolute Gasteiger partial charge is 0.463 e. The number of aliphatic hydroxyl groups excluding tert-OH is 1. The molecule has 0 aromatic heterocycles. The number of carbonyl (C=O) groups is 1. The van der Waals surface area contributed by atoms with Crippen molar-refractivity contribution >= 4 is 5.97 Å². The Morgan fingerprint density at radius 2 is 2.15 bits per heavy atom. The molecule has 0 bridgehead atoms. The van der Waals surface area contributed by atoms with Crippen LogP contribution in [0.15, 0.2) is 0 Å². The predicted molar refractivity (Wildman–Crippen MR) is 51.4 cm³/mol. The molecule has 0 saturated heterocycles. The van der Waals surface area contributed by atoms with Crippen LogP contribution in [0.5, 0.6) is 0 Å². The van der Waals surface area contributed by atoms with Gasteiger partial charge in [0.15, 0.2) is 0 Å². The van der Waals surface area contributed by atoms with E-state index in [0.717, 1.165) is 19.3 Å². The van der Waals surface area contributed by atoms with E-state index in [1.807, 2.05) is 0 Å². The highest BCUT2D eigenvalue weighted by Gasteiger charge is 2.11. The Hall–Kier alpha value is -0.570. The summed E-state index contributed by atoms with van der Waals surface area (Å²) in [4.78, 5) is 10.5. The average molecular weight is 188 g/mol. The van der Waals surface area contributed by atoms with Crippen LogP contribution in [0, 0.1) is 0 Å². The molecule has 1 N–H and O–H groups in total. The molecule has 0 amide bonds. The first-order valence-corrected chi connectivity index (χ1v) is 4.91. The Morgan fingerprint density at radius 1 is 1.54 bits per heavy atom. The van der Waals surface area contributed by atoms with E-state index in [1.54, 1.807) is 6.92 Å². The van der Waals surface area contributed by atoms with Crippen molar-refractivity contribution < 1.29 is 14.6 Å². The highest BCUT2D eigenvalue weighted by molar-refractivity contribution is 5.66. The summed E-state index contributed by atoms with van der Waals surface area (Å²) in [6, 6.07) is 0. The summed E-state index contributed by atoms with van der Waals surface area (Å²) in [6.07, 6.45) is 2.92. The summed E-state index contributed by atoms with van der Waals surface area (Å²) >= 11 is 0. The van der Waals surface area contributed by atoms with Gasteiger partial charge in [-0.3, -0.25) is 4.79 Å². The fourth-order valence-corrected chi connectivity index (χ4v) is 1.27. The monoisotopic (exact) mass is 188 g/mol. The molecule has 0 heterocycles. The number of rotatable bonds is 6. The fourth-order valence-electron chi connectivity index (χ4n) is 1.27. The maximum atomic E-state index is 10.5. The van der Waals surface area contributed by atoms with Crippen LogP contribution in [0.25, 0.3) is 0 Å². The minimum absolute atomic E-state index is 0.177. The smallest absolute Gasteiger partial charge is 0.302 e. The van der Waals surface area contributed by atoms with Crippen LogP contribution in [-0.4, -0.2) is 23.3 Å². The fraction of sp³-hybridized carbons (Fsp3) is 0.900. The zero-order valence-corrected chi connectivity index (χ0v) is 8.75. The summed E-state index contributed by atoms with van der Waals surface area (Å²) in [6.45, 7) is 5.27. The van der Waals surface area contributed by atoms with Gasteiger partial charge in [0.2, 0.25) is 0 Å². The molecule has 0 rings (SSSR count). The van der Waals surface area contributed by atoms with E-state index in [9.17, 15) is 9.90 Å². The summed E-state index contributed by atoms with van der Waals surface area (Å²) in [7, 11) is 0. The SMILES string of the molecule is CCCCC(O)CC(C)OC(C)=O. The average Bonchev–Trinajstić information content (AvgIpc) is 1.98. The second-order valence-electron chi connectivity index (χ2n) is 3.45. The number of hydrogen-bond acceptors (Lipinski definition) is 3. The molecule has 0 aliphatic carbocycles. The number of ether oxygens (including phenoxy) is 1. The number of aliphatic hydroxyl groups is 1. The highest BCUT2D eigenvalue weighted by atomic mass is 16.5. The zero-order valence-electron chi connectivity index (χ0n) is 8.75. The molecule has 3 nitrogen and oxygen atoms in total. The van der Waals surface area contributed by atoms with Gasteiger partial charge in [0.05, 0.1) is 6.10 Å². The first kappa shape index (κ1) is 12.4. The van der Waals surface area contributed by atoms with Crippen LogP contribution in [0.3, 0.4) is 0 Å². The number of unbranched alkanes of at least 4 members (excludes halogenated alkanes) is 1. The Morgan fingerprint density at radius 3 is 2.62 bits per heavy atom. The summed E-state index contributed by atoms with van der Waals surface area (Å²) < 4.78 is 4.90. The predicted octanol–water partition coefficient (Wildman–Crippen LogP) is 1.88. The lowest BCUT2D eigenvalue weighted by Crippen LogP contribution is -2.19. The van der Waals surface area contributed by atoms with Crippen molar-refractivity contribution in [1.82, 2.24) is 0 Å². The van der Waals surface area contributed by atoms with Gasteiger partial charge in [0, 0.05) is 13.3 Å². The van der Waals surface area contributed by atoms with Gasteiger partial charge < -0.3 is 9.84 Å². The van der Waals surface area contributed by atoms with E-state index in [-0.39, 0.29) is 18.2 Å². The van der Waals surface area contributed by atoms with Gasteiger partial charge in [-0.05, 0) is 13.3 Å². The van der Waals surface area contributed by atoms with Gasteiger partial charge in [-0.25, -0.2) is 0 Å².